The SMILES string of the molecule is Cc1ccc(C)c(S(=O)(=O)Nc2ccccc2N(C)S(C)(=O)=O)c1. The minimum absolute atomic E-state index is 0.166. The molecular formula is C16H20N2O4S2. The van der Waals surface area contributed by atoms with E-state index in [-0.39, 0.29) is 16.3 Å². The van der Waals surface area contributed by atoms with E-state index >= 15 is 0 Å². The lowest BCUT2D eigenvalue weighted by Gasteiger charge is -2.21. The molecule has 1 N–H and O–H groups in total. The molecule has 0 aliphatic carbocycles. The van der Waals surface area contributed by atoms with Gasteiger partial charge in [0.15, 0.2) is 0 Å². The van der Waals surface area contributed by atoms with Gasteiger partial charge in [-0.15, -0.1) is 0 Å². The average Bonchev–Trinajstić information content (AvgIpc) is 2.48. The Morgan fingerprint density at radius 3 is 2.21 bits per heavy atom. The highest BCUT2D eigenvalue weighted by molar-refractivity contribution is 7.93. The summed E-state index contributed by atoms with van der Waals surface area (Å²) in [6.07, 6.45) is 1.06. The van der Waals surface area contributed by atoms with Crippen molar-refractivity contribution < 1.29 is 16.8 Å². The van der Waals surface area contributed by atoms with Crippen LogP contribution in [0.4, 0.5) is 11.4 Å². The lowest BCUT2D eigenvalue weighted by Crippen LogP contribution is -2.26. The van der Waals surface area contributed by atoms with E-state index < -0.39 is 20.0 Å². The molecule has 0 saturated carbocycles. The number of para-hydroxylation sites is 2. The molecule has 0 unspecified atom stereocenters. The van der Waals surface area contributed by atoms with Crippen molar-refractivity contribution in [2.24, 2.45) is 0 Å². The monoisotopic (exact) mass is 368 g/mol. The lowest BCUT2D eigenvalue weighted by molar-refractivity contribution is 0.598. The van der Waals surface area contributed by atoms with Crippen LogP contribution in [0.3, 0.4) is 0 Å². The van der Waals surface area contributed by atoms with Crippen LogP contribution in [0.25, 0.3) is 0 Å². The fourth-order valence-corrected chi connectivity index (χ4v) is 4.13. The molecule has 8 heteroatoms. The van der Waals surface area contributed by atoms with Crippen LogP contribution < -0.4 is 9.03 Å². The Morgan fingerprint density at radius 2 is 1.58 bits per heavy atom. The van der Waals surface area contributed by atoms with Crippen molar-refractivity contribution in [3.63, 3.8) is 0 Å². The third-order valence-corrected chi connectivity index (χ3v) is 6.32. The summed E-state index contributed by atoms with van der Waals surface area (Å²) in [4.78, 5) is 0.166. The summed E-state index contributed by atoms with van der Waals surface area (Å²) < 4.78 is 52.5. The Kier molecular flexibility index (Phi) is 4.91. The predicted octanol–water partition coefficient (Wildman–Crippen LogP) is 2.50. The van der Waals surface area contributed by atoms with Crippen LogP contribution in [0.5, 0.6) is 0 Å². The van der Waals surface area contributed by atoms with Crippen LogP contribution in [0, 0.1) is 13.8 Å². The molecule has 0 bridgehead atoms. The highest BCUT2D eigenvalue weighted by Crippen LogP contribution is 2.29. The first-order valence-electron chi connectivity index (χ1n) is 7.15. The zero-order chi connectivity index (χ0) is 18.1. The second-order valence-corrected chi connectivity index (χ2v) is 9.29. The molecule has 2 rings (SSSR count). The first kappa shape index (κ1) is 18.3. The molecule has 0 aliphatic rings. The van der Waals surface area contributed by atoms with Crippen LogP contribution in [-0.2, 0) is 20.0 Å². The van der Waals surface area contributed by atoms with Gasteiger partial charge < -0.3 is 0 Å². The Balaban J connectivity index is 2.50. The van der Waals surface area contributed by atoms with E-state index in [1.165, 1.54) is 13.1 Å². The van der Waals surface area contributed by atoms with Crippen molar-refractivity contribution in [1.29, 1.82) is 0 Å². The summed E-state index contributed by atoms with van der Waals surface area (Å²) in [6.45, 7) is 3.52. The first-order valence-corrected chi connectivity index (χ1v) is 10.5. The minimum Gasteiger partial charge on any atom is -0.277 e. The standard InChI is InChI=1S/C16H20N2O4S2/c1-12-9-10-13(2)16(11-12)24(21,22)17-14-7-5-6-8-15(14)18(3)23(4,19)20/h5-11,17H,1-4H3. The van der Waals surface area contributed by atoms with Crippen molar-refractivity contribution in [3.8, 4) is 0 Å². The van der Waals surface area contributed by atoms with E-state index in [4.69, 9.17) is 0 Å². The molecular weight excluding hydrogens is 348 g/mol. The third-order valence-electron chi connectivity index (χ3n) is 3.62. The molecule has 2 aromatic carbocycles. The van der Waals surface area contributed by atoms with Crippen molar-refractivity contribution in [2.45, 2.75) is 18.7 Å². The molecule has 0 amide bonds. The van der Waals surface area contributed by atoms with E-state index in [2.05, 4.69) is 4.72 Å². The van der Waals surface area contributed by atoms with Crippen molar-refractivity contribution >= 4 is 31.4 Å². The molecule has 0 saturated heterocycles. The second-order valence-electron chi connectivity index (χ2n) is 5.62. The number of nitrogens with zero attached hydrogens (tertiary/aromatic N) is 1. The molecule has 0 heterocycles. The topological polar surface area (TPSA) is 83.6 Å². The van der Waals surface area contributed by atoms with Gasteiger partial charge in [0, 0.05) is 7.05 Å². The van der Waals surface area contributed by atoms with Gasteiger partial charge in [0.25, 0.3) is 10.0 Å². The van der Waals surface area contributed by atoms with Crippen LogP contribution in [0.1, 0.15) is 11.1 Å². The van der Waals surface area contributed by atoms with Crippen molar-refractivity contribution in [3.05, 3.63) is 53.6 Å². The maximum absolute atomic E-state index is 12.7. The molecule has 0 radical (unpaired) electrons. The Labute approximate surface area is 143 Å². The van der Waals surface area contributed by atoms with E-state index in [1.54, 1.807) is 37.3 Å². The zero-order valence-corrected chi connectivity index (χ0v) is 15.6. The highest BCUT2D eigenvalue weighted by atomic mass is 32.2. The van der Waals surface area contributed by atoms with Gasteiger partial charge in [0.05, 0.1) is 22.5 Å². The van der Waals surface area contributed by atoms with Crippen molar-refractivity contribution in [2.75, 3.05) is 22.3 Å². The molecule has 0 spiro atoms. The van der Waals surface area contributed by atoms with Gasteiger partial charge in [-0.1, -0.05) is 24.3 Å². The lowest BCUT2D eigenvalue weighted by atomic mass is 10.2. The average molecular weight is 368 g/mol. The summed E-state index contributed by atoms with van der Waals surface area (Å²) in [5.41, 5.74) is 1.89. The van der Waals surface area contributed by atoms with Gasteiger partial charge in [-0.3, -0.25) is 9.03 Å². The van der Waals surface area contributed by atoms with Crippen LogP contribution in [-0.4, -0.2) is 30.1 Å². The quantitative estimate of drug-likeness (QED) is 0.879. The van der Waals surface area contributed by atoms with E-state index in [0.717, 1.165) is 16.1 Å². The fraction of sp³-hybridized carbons (Fsp3) is 0.250. The minimum atomic E-state index is -3.84. The number of hydrogen-bond acceptors (Lipinski definition) is 4. The number of benzene rings is 2. The molecule has 0 fully saturated rings. The first-order chi connectivity index (χ1) is 11.0. The third kappa shape index (κ3) is 3.88. The fourth-order valence-electron chi connectivity index (χ4n) is 2.21. The normalized spacial score (nSPS) is 12.0. The largest absolute Gasteiger partial charge is 0.277 e. The van der Waals surface area contributed by atoms with Crippen molar-refractivity contribution in [1.82, 2.24) is 0 Å². The molecule has 0 aromatic heterocycles. The van der Waals surface area contributed by atoms with Gasteiger partial charge in [-0.2, -0.15) is 0 Å². The van der Waals surface area contributed by atoms with E-state index in [0.29, 0.717) is 5.56 Å². The van der Waals surface area contributed by atoms with Gasteiger partial charge in [-0.25, -0.2) is 16.8 Å². The number of anilines is 2. The number of aryl methyl sites for hydroxylation is 2. The molecule has 24 heavy (non-hydrogen) atoms. The molecule has 2 aromatic rings. The Morgan fingerprint density at radius 1 is 0.958 bits per heavy atom. The summed E-state index contributed by atoms with van der Waals surface area (Å²) in [7, 11) is -5.98. The predicted molar refractivity (Wildman–Crippen MR) is 96.4 cm³/mol. The molecule has 6 nitrogen and oxygen atoms in total. The highest BCUT2D eigenvalue weighted by Gasteiger charge is 2.21. The van der Waals surface area contributed by atoms with Gasteiger partial charge in [0.1, 0.15) is 0 Å². The Hall–Kier alpha value is -2.06. The van der Waals surface area contributed by atoms with E-state index in [9.17, 15) is 16.8 Å². The molecule has 0 aliphatic heterocycles. The second kappa shape index (κ2) is 6.45. The van der Waals surface area contributed by atoms with Crippen LogP contribution in [0.15, 0.2) is 47.4 Å². The number of nitrogens with one attached hydrogen (secondary N) is 1. The van der Waals surface area contributed by atoms with Crippen LogP contribution >= 0.6 is 0 Å². The maximum Gasteiger partial charge on any atom is 0.262 e. The van der Waals surface area contributed by atoms with Gasteiger partial charge in [0.2, 0.25) is 10.0 Å². The zero-order valence-electron chi connectivity index (χ0n) is 13.9. The number of hydrogen-bond donors (Lipinski definition) is 1. The smallest absolute Gasteiger partial charge is 0.262 e. The van der Waals surface area contributed by atoms with Crippen LogP contribution in [0.2, 0.25) is 0 Å². The molecule has 0 atom stereocenters. The summed E-state index contributed by atoms with van der Waals surface area (Å²) in [6, 6.07) is 11.5. The van der Waals surface area contributed by atoms with Gasteiger partial charge in [-0.05, 0) is 43.2 Å². The number of rotatable bonds is 5. The van der Waals surface area contributed by atoms with Gasteiger partial charge >= 0.3 is 0 Å². The summed E-state index contributed by atoms with van der Waals surface area (Å²) in [5, 5.41) is 0. The molecule has 130 valence electrons. The summed E-state index contributed by atoms with van der Waals surface area (Å²) in [5.74, 6) is 0. The Bertz CT molecular complexity index is 967. The number of sulfonamides is 2. The van der Waals surface area contributed by atoms with E-state index in [1.807, 2.05) is 13.0 Å². The summed E-state index contributed by atoms with van der Waals surface area (Å²) >= 11 is 0. The maximum atomic E-state index is 12.7.